The molecule has 1 aliphatic rings. The van der Waals surface area contributed by atoms with E-state index in [2.05, 4.69) is 15.5 Å². The van der Waals surface area contributed by atoms with Crippen molar-refractivity contribution < 1.29 is 14.1 Å². The summed E-state index contributed by atoms with van der Waals surface area (Å²) in [4.78, 5) is 19.4. The Bertz CT molecular complexity index is 1210. The molecule has 0 saturated carbocycles. The number of methoxy groups -OCH3 is 1. The van der Waals surface area contributed by atoms with Gasteiger partial charge in [-0.05, 0) is 48.6 Å². The van der Waals surface area contributed by atoms with Crippen LogP contribution in [0, 0.1) is 0 Å². The lowest BCUT2D eigenvalue weighted by molar-refractivity contribution is 0.193. The summed E-state index contributed by atoms with van der Waals surface area (Å²) >= 11 is 0. The molecule has 7 nitrogen and oxygen atoms in total. The molecule has 2 amide bonds. The highest BCUT2D eigenvalue weighted by Crippen LogP contribution is 2.33. The van der Waals surface area contributed by atoms with E-state index < -0.39 is 0 Å². The molecule has 4 aromatic rings. The summed E-state index contributed by atoms with van der Waals surface area (Å²) in [5, 5.41) is 9.27. The van der Waals surface area contributed by atoms with Gasteiger partial charge < -0.3 is 19.5 Å². The van der Waals surface area contributed by atoms with Gasteiger partial charge in [-0.25, -0.2) is 4.79 Å². The van der Waals surface area contributed by atoms with Crippen LogP contribution < -0.4 is 10.1 Å². The summed E-state index contributed by atoms with van der Waals surface area (Å²) in [7, 11) is 1.62. The SMILES string of the molecule is COc1ccc(-c2noc([C@@H]3CCCN3C(=O)Nc3cccc4ccccc34)n2)cc1. The average Bonchev–Trinajstić information content (AvgIpc) is 3.49. The first-order chi connectivity index (χ1) is 15.2. The Morgan fingerprint density at radius 3 is 2.74 bits per heavy atom. The first-order valence-corrected chi connectivity index (χ1v) is 10.3. The number of urea groups is 1. The largest absolute Gasteiger partial charge is 0.497 e. The number of amides is 2. The summed E-state index contributed by atoms with van der Waals surface area (Å²) in [5.41, 5.74) is 1.62. The zero-order chi connectivity index (χ0) is 21.2. The topological polar surface area (TPSA) is 80.5 Å². The molecule has 7 heteroatoms. The Balaban J connectivity index is 1.36. The van der Waals surface area contributed by atoms with Crippen molar-refractivity contribution in [1.29, 1.82) is 0 Å². The van der Waals surface area contributed by atoms with Crippen LogP contribution in [-0.4, -0.2) is 34.7 Å². The predicted molar refractivity (Wildman–Crippen MR) is 118 cm³/mol. The minimum Gasteiger partial charge on any atom is -0.497 e. The normalized spacial score (nSPS) is 15.9. The maximum absolute atomic E-state index is 13.1. The van der Waals surface area contributed by atoms with Crippen LogP contribution in [-0.2, 0) is 0 Å². The van der Waals surface area contributed by atoms with Crippen molar-refractivity contribution in [2.75, 3.05) is 19.0 Å². The predicted octanol–water partition coefficient (Wildman–Crippen LogP) is 5.27. The number of fused-ring (bicyclic) bond motifs is 1. The lowest BCUT2D eigenvalue weighted by Gasteiger charge is -2.22. The Morgan fingerprint density at radius 2 is 1.90 bits per heavy atom. The van der Waals surface area contributed by atoms with Crippen LogP contribution in [0.5, 0.6) is 5.75 Å². The van der Waals surface area contributed by atoms with Crippen LogP contribution in [0.1, 0.15) is 24.8 Å². The van der Waals surface area contributed by atoms with Gasteiger partial charge in [0, 0.05) is 17.5 Å². The lowest BCUT2D eigenvalue weighted by atomic mass is 10.1. The van der Waals surface area contributed by atoms with Crippen molar-refractivity contribution in [3.8, 4) is 17.1 Å². The van der Waals surface area contributed by atoms with Crippen molar-refractivity contribution in [3.05, 3.63) is 72.6 Å². The molecule has 1 saturated heterocycles. The average molecular weight is 414 g/mol. The van der Waals surface area contributed by atoms with E-state index in [-0.39, 0.29) is 12.1 Å². The minimum atomic E-state index is -0.241. The molecule has 1 atom stereocenters. The number of anilines is 1. The molecule has 0 radical (unpaired) electrons. The molecule has 1 N–H and O–H groups in total. The van der Waals surface area contributed by atoms with Crippen LogP contribution >= 0.6 is 0 Å². The van der Waals surface area contributed by atoms with E-state index in [1.807, 2.05) is 66.7 Å². The number of hydrogen-bond donors (Lipinski definition) is 1. The highest BCUT2D eigenvalue weighted by Gasteiger charge is 2.34. The van der Waals surface area contributed by atoms with Gasteiger partial charge in [0.05, 0.1) is 12.8 Å². The molecule has 31 heavy (non-hydrogen) atoms. The van der Waals surface area contributed by atoms with Crippen molar-refractivity contribution in [2.24, 2.45) is 0 Å². The molecular formula is C24H22N4O3. The number of likely N-dealkylation sites (tertiary alicyclic amines) is 1. The van der Waals surface area contributed by atoms with E-state index in [0.29, 0.717) is 18.3 Å². The number of benzene rings is 3. The molecule has 1 aromatic heterocycles. The van der Waals surface area contributed by atoms with Gasteiger partial charge in [0.2, 0.25) is 11.7 Å². The van der Waals surface area contributed by atoms with Gasteiger partial charge in [-0.2, -0.15) is 4.98 Å². The van der Waals surface area contributed by atoms with Gasteiger partial charge in [-0.15, -0.1) is 0 Å². The second-order valence-corrected chi connectivity index (χ2v) is 7.49. The number of nitrogens with one attached hydrogen (secondary N) is 1. The fourth-order valence-electron chi connectivity index (χ4n) is 4.02. The van der Waals surface area contributed by atoms with Gasteiger partial charge in [-0.3, -0.25) is 0 Å². The van der Waals surface area contributed by atoms with Crippen LogP contribution in [0.4, 0.5) is 10.5 Å². The molecule has 0 spiro atoms. The van der Waals surface area contributed by atoms with E-state index >= 15 is 0 Å². The summed E-state index contributed by atoms with van der Waals surface area (Å²) < 4.78 is 10.7. The zero-order valence-corrected chi connectivity index (χ0v) is 17.1. The number of rotatable bonds is 4. The molecule has 0 bridgehead atoms. The maximum Gasteiger partial charge on any atom is 0.322 e. The fourth-order valence-corrected chi connectivity index (χ4v) is 4.02. The molecular weight excluding hydrogens is 392 g/mol. The van der Waals surface area contributed by atoms with E-state index in [0.717, 1.165) is 40.6 Å². The lowest BCUT2D eigenvalue weighted by Crippen LogP contribution is -2.34. The quantitative estimate of drug-likeness (QED) is 0.492. The number of carbonyl (C=O) groups excluding carboxylic acids is 1. The minimum absolute atomic E-state index is 0.164. The standard InChI is InChI=1S/C24H22N4O3/c1-30-18-13-11-17(12-14-18)22-26-23(31-27-22)21-10-5-15-28(21)24(29)25-20-9-4-7-16-6-2-3-8-19(16)20/h2-4,6-9,11-14,21H,5,10,15H2,1H3,(H,25,29)/t21-/m0/s1. The number of carbonyl (C=O) groups is 1. The molecule has 3 aromatic carbocycles. The smallest absolute Gasteiger partial charge is 0.322 e. The molecule has 156 valence electrons. The summed E-state index contributed by atoms with van der Waals surface area (Å²) in [6, 6.07) is 20.9. The molecule has 0 aliphatic carbocycles. The van der Waals surface area contributed by atoms with E-state index in [1.54, 1.807) is 12.0 Å². The van der Waals surface area contributed by atoms with Crippen molar-refractivity contribution in [1.82, 2.24) is 15.0 Å². The van der Waals surface area contributed by atoms with Crippen LogP contribution in [0.25, 0.3) is 22.2 Å². The maximum atomic E-state index is 13.1. The van der Waals surface area contributed by atoms with Gasteiger partial charge >= 0.3 is 6.03 Å². The second-order valence-electron chi connectivity index (χ2n) is 7.49. The van der Waals surface area contributed by atoms with Gasteiger partial charge in [-0.1, -0.05) is 41.6 Å². The Kier molecular flexibility index (Phi) is 5.00. The van der Waals surface area contributed by atoms with E-state index in [9.17, 15) is 4.79 Å². The third-order valence-corrected chi connectivity index (χ3v) is 5.62. The Morgan fingerprint density at radius 1 is 1.10 bits per heavy atom. The number of aromatic nitrogens is 2. The zero-order valence-electron chi connectivity index (χ0n) is 17.1. The van der Waals surface area contributed by atoms with Crippen molar-refractivity contribution >= 4 is 22.5 Å². The molecule has 2 heterocycles. The second kappa shape index (κ2) is 8.10. The van der Waals surface area contributed by atoms with Crippen LogP contribution in [0.2, 0.25) is 0 Å². The van der Waals surface area contributed by atoms with Crippen molar-refractivity contribution in [2.45, 2.75) is 18.9 Å². The first-order valence-electron chi connectivity index (χ1n) is 10.3. The molecule has 1 aliphatic heterocycles. The monoisotopic (exact) mass is 414 g/mol. The highest BCUT2D eigenvalue weighted by molar-refractivity contribution is 6.01. The summed E-state index contributed by atoms with van der Waals surface area (Å²) in [6.45, 7) is 0.640. The van der Waals surface area contributed by atoms with Crippen LogP contribution in [0.15, 0.2) is 71.3 Å². The van der Waals surface area contributed by atoms with E-state index in [4.69, 9.17) is 9.26 Å². The summed E-state index contributed by atoms with van der Waals surface area (Å²) in [5.74, 6) is 1.72. The van der Waals surface area contributed by atoms with Gasteiger partial charge in [0.25, 0.3) is 0 Å². The van der Waals surface area contributed by atoms with E-state index in [1.165, 1.54) is 0 Å². The van der Waals surface area contributed by atoms with Crippen molar-refractivity contribution in [3.63, 3.8) is 0 Å². The first kappa shape index (κ1) is 19.1. The number of nitrogens with zero attached hydrogens (tertiary/aromatic N) is 3. The number of hydrogen-bond acceptors (Lipinski definition) is 5. The number of ether oxygens (including phenoxy) is 1. The highest BCUT2D eigenvalue weighted by atomic mass is 16.5. The fraction of sp³-hybridized carbons (Fsp3) is 0.208. The Hall–Kier alpha value is -3.87. The van der Waals surface area contributed by atoms with Gasteiger partial charge in [0.1, 0.15) is 11.8 Å². The Labute approximate surface area is 179 Å². The third kappa shape index (κ3) is 3.70. The van der Waals surface area contributed by atoms with Gasteiger partial charge in [0.15, 0.2) is 0 Å². The molecule has 5 rings (SSSR count). The molecule has 1 fully saturated rings. The summed E-state index contributed by atoms with van der Waals surface area (Å²) in [6.07, 6.45) is 1.67. The van der Waals surface area contributed by atoms with Crippen LogP contribution in [0.3, 0.4) is 0 Å². The molecule has 0 unspecified atom stereocenters. The third-order valence-electron chi connectivity index (χ3n) is 5.62.